The number of esters is 1. The first-order chi connectivity index (χ1) is 12.4. The Morgan fingerprint density at radius 2 is 1.77 bits per heavy atom. The summed E-state index contributed by atoms with van der Waals surface area (Å²) in [5.74, 6) is 0.875. The molecular weight excluding hydrogens is 334 g/mol. The van der Waals surface area contributed by atoms with Crippen LogP contribution in [0.25, 0.3) is 0 Å². The number of hydrogen-bond acceptors (Lipinski definition) is 4. The number of amides is 3. The molecule has 0 aliphatic heterocycles. The maximum Gasteiger partial charge on any atom is 0.355 e. The average molecular weight is 359 g/mol. The topological polar surface area (TPSA) is 100 Å². The summed E-state index contributed by atoms with van der Waals surface area (Å²) in [4.78, 5) is 39.1. The van der Waals surface area contributed by atoms with Crippen molar-refractivity contribution >= 4 is 17.9 Å². The van der Waals surface area contributed by atoms with Crippen LogP contribution < -0.4 is 10.6 Å². The van der Waals surface area contributed by atoms with Crippen LogP contribution in [0.15, 0.2) is 18.3 Å². The molecule has 140 valence electrons. The molecule has 3 amide bonds. The zero-order chi connectivity index (χ0) is 18.3. The molecular formula is C19H25N3O4. The van der Waals surface area contributed by atoms with Crippen LogP contribution in [-0.4, -0.2) is 34.5 Å². The van der Waals surface area contributed by atoms with Crippen molar-refractivity contribution in [2.24, 2.45) is 17.8 Å². The number of H-pyrrole nitrogens is 1. The minimum atomic E-state index is -1.05. The summed E-state index contributed by atoms with van der Waals surface area (Å²) in [5.41, 5.74) is 0.103. The van der Waals surface area contributed by atoms with Gasteiger partial charge in [-0.3, -0.25) is 10.1 Å². The highest BCUT2D eigenvalue weighted by molar-refractivity contribution is 5.98. The lowest BCUT2D eigenvalue weighted by molar-refractivity contribution is -0.128. The maximum atomic E-state index is 12.4. The molecule has 0 unspecified atom stereocenters. The number of carbonyl (C=O) groups excluding carboxylic acids is 3. The van der Waals surface area contributed by atoms with Gasteiger partial charge in [0.15, 0.2) is 6.10 Å². The first-order valence-electron chi connectivity index (χ1n) is 9.40. The summed E-state index contributed by atoms with van der Waals surface area (Å²) in [7, 11) is 0. The second-order valence-electron chi connectivity index (χ2n) is 8.27. The van der Waals surface area contributed by atoms with Gasteiger partial charge in [-0.15, -0.1) is 0 Å². The Hall–Kier alpha value is -2.31. The highest BCUT2D eigenvalue weighted by atomic mass is 16.5. The molecule has 7 nitrogen and oxygen atoms in total. The summed E-state index contributed by atoms with van der Waals surface area (Å²) < 4.78 is 5.09. The number of ether oxygens (including phenoxy) is 1. The fourth-order valence-corrected chi connectivity index (χ4v) is 5.48. The summed E-state index contributed by atoms with van der Waals surface area (Å²) in [6, 6.07) is 2.74. The van der Waals surface area contributed by atoms with Gasteiger partial charge in [-0.2, -0.15) is 0 Å². The molecule has 1 atom stereocenters. The van der Waals surface area contributed by atoms with E-state index in [1.807, 2.05) is 0 Å². The van der Waals surface area contributed by atoms with Crippen LogP contribution in [0.4, 0.5) is 4.79 Å². The number of urea groups is 1. The van der Waals surface area contributed by atoms with Crippen molar-refractivity contribution < 1.29 is 19.1 Å². The fourth-order valence-electron chi connectivity index (χ4n) is 5.48. The van der Waals surface area contributed by atoms with Crippen LogP contribution >= 0.6 is 0 Å². The van der Waals surface area contributed by atoms with E-state index in [1.54, 1.807) is 18.3 Å². The molecule has 4 saturated carbocycles. The quantitative estimate of drug-likeness (QED) is 0.719. The van der Waals surface area contributed by atoms with E-state index in [0.29, 0.717) is 17.8 Å². The molecule has 26 heavy (non-hydrogen) atoms. The molecule has 4 aliphatic rings. The van der Waals surface area contributed by atoms with Gasteiger partial charge in [0.25, 0.3) is 5.91 Å². The minimum absolute atomic E-state index is 0.163. The Morgan fingerprint density at radius 3 is 2.31 bits per heavy atom. The zero-order valence-corrected chi connectivity index (χ0v) is 14.9. The van der Waals surface area contributed by atoms with Crippen molar-refractivity contribution in [2.75, 3.05) is 0 Å². The largest absolute Gasteiger partial charge is 0.448 e. The van der Waals surface area contributed by atoms with Crippen molar-refractivity contribution in [1.29, 1.82) is 0 Å². The third-order valence-corrected chi connectivity index (χ3v) is 6.12. The molecule has 1 aromatic rings. The van der Waals surface area contributed by atoms with E-state index in [4.69, 9.17) is 4.74 Å². The molecule has 0 aromatic carbocycles. The Kier molecular flexibility index (Phi) is 4.25. The van der Waals surface area contributed by atoms with E-state index < -0.39 is 24.0 Å². The number of imide groups is 1. The predicted molar refractivity (Wildman–Crippen MR) is 93.2 cm³/mol. The number of carbonyl (C=O) groups is 3. The summed E-state index contributed by atoms with van der Waals surface area (Å²) in [5, 5.41) is 5.40. The molecule has 7 heteroatoms. The van der Waals surface area contributed by atoms with E-state index in [2.05, 4.69) is 15.6 Å². The molecule has 0 saturated heterocycles. The average Bonchev–Trinajstić information content (AvgIpc) is 3.07. The Balaban J connectivity index is 1.30. The highest BCUT2D eigenvalue weighted by Gasteiger charge is 2.51. The summed E-state index contributed by atoms with van der Waals surface area (Å²) in [6.07, 6.45) is 7.44. The van der Waals surface area contributed by atoms with Gasteiger partial charge in [0.1, 0.15) is 5.69 Å². The fraction of sp³-hybridized carbons (Fsp3) is 0.632. The molecule has 1 aromatic heterocycles. The molecule has 4 aliphatic carbocycles. The number of nitrogens with one attached hydrogen (secondary N) is 3. The summed E-state index contributed by atoms with van der Waals surface area (Å²) in [6.45, 7) is 1.45. The maximum absolute atomic E-state index is 12.4. The van der Waals surface area contributed by atoms with Crippen molar-refractivity contribution in [1.82, 2.24) is 15.6 Å². The predicted octanol–water partition coefficient (Wildman–Crippen LogP) is 2.35. The third kappa shape index (κ3) is 3.34. The number of hydrogen-bond donors (Lipinski definition) is 3. The highest BCUT2D eigenvalue weighted by Crippen LogP contribution is 2.55. The van der Waals surface area contributed by atoms with E-state index >= 15 is 0 Å². The summed E-state index contributed by atoms with van der Waals surface area (Å²) >= 11 is 0. The van der Waals surface area contributed by atoms with Crippen molar-refractivity contribution in [2.45, 2.75) is 57.1 Å². The number of aromatic amines is 1. The van der Waals surface area contributed by atoms with E-state index in [1.165, 1.54) is 26.2 Å². The van der Waals surface area contributed by atoms with Gasteiger partial charge in [-0.25, -0.2) is 9.59 Å². The van der Waals surface area contributed by atoms with Crippen molar-refractivity contribution in [3.05, 3.63) is 24.0 Å². The van der Waals surface area contributed by atoms with Gasteiger partial charge in [0.05, 0.1) is 0 Å². The molecule has 0 radical (unpaired) electrons. The first kappa shape index (κ1) is 17.1. The van der Waals surface area contributed by atoms with Crippen LogP contribution in [0.3, 0.4) is 0 Å². The lowest BCUT2D eigenvalue weighted by atomic mass is 9.53. The first-order valence-corrected chi connectivity index (χ1v) is 9.40. The van der Waals surface area contributed by atoms with E-state index in [-0.39, 0.29) is 11.2 Å². The van der Waals surface area contributed by atoms with Gasteiger partial charge in [0.2, 0.25) is 0 Å². The smallest absolute Gasteiger partial charge is 0.355 e. The Bertz CT molecular complexity index is 677. The Labute approximate surface area is 152 Å². The lowest BCUT2D eigenvalue weighted by Gasteiger charge is -2.56. The van der Waals surface area contributed by atoms with Crippen LogP contribution in [0.1, 0.15) is 55.9 Å². The van der Waals surface area contributed by atoms with Gasteiger partial charge < -0.3 is 15.0 Å². The van der Waals surface area contributed by atoms with Crippen LogP contribution in [0, 0.1) is 17.8 Å². The second kappa shape index (κ2) is 6.45. The SMILES string of the molecule is C[C@H](OC(=O)c1ccc[nH]1)C(=O)NC(=O)NC12CC3CC(CC(C3)C1)C2. The van der Waals surface area contributed by atoms with Gasteiger partial charge in [0, 0.05) is 11.7 Å². The molecule has 4 fully saturated rings. The molecule has 1 heterocycles. The van der Waals surface area contributed by atoms with Crippen LogP contribution in [0.5, 0.6) is 0 Å². The standard InChI is InChI=1S/C19H25N3O4/c1-11(26-17(24)15-3-2-4-20-15)16(23)21-18(25)22-19-8-12-5-13(9-19)7-14(6-12)10-19/h2-4,11-14,20H,5-10H2,1H3,(H2,21,22,23,25)/t11-,12?,13?,14?,19?/m0/s1. The van der Waals surface area contributed by atoms with E-state index in [0.717, 1.165) is 19.3 Å². The number of rotatable bonds is 4. The van der Waals surface area contributed by atoms with Crippen molar-refractivity contribution in [3.63, 3.8) is 0 Å². The molecule has 3 N–H and O–H groups in total. The van der Waals surface area contributed by atoms with E-state index in [9.17, 15) is 14.4 Å². The van der Waals surface area contributed by atoms with Gasteiger partial charge in [-0.05, 0) is 75.3 Å². The Morgan fingerprint density at radius 1 is 1.15 bits per heavy atom. The number of aromatic nitrogens is 1. The lowest BCUT2D eigenvalue weighted by Crippen LogP contribution is -2.62. The minimum Gasteiger partial charge on any atom is -0.448 e. The molecule has 0 spiro atoms. The molecule has 5 rings (SSSR count). The van der Waals surface area contributed by atoms with Crippen LogP contribution in [-0.2, 0) is 9.53 Å². The normalized spacial score (nSPS) is 32.7. The van der Waals surface area contributed by atoms with Crippen molar-refractivity contribution in [3.8, 4) is 0 Å². The zero-order valence-electron chi connectivity index (χ0n) is 14.9. The van der Waals surface area contributed by atoms with Gasteiger partial charge >= 0.3 is 12.0 Å². The monoisotopic (exact) mass is 359 g/mol. The molecule has 4 bridgehead atoms. The van der Waals surface area contributed by atoms with Crippen LogP contribution in [0.2, 0.25) is 0 Å². The van der Waals surface area contributed by atoms with Gasteiger partial charge in [-0.1, -0.05) is 0 Å². The second-order valence-corrected chi connectivity index (χ2v) is 8.27. The third-order valence-electron chi connectivity index (χ3n) is 6.12.